The van der Waals surface area contributed by atoms with Crippen molar-refractivity contribution in [2.45, 2.75) is 6.42 Å². The van der Waals surface area contributed by atoms with Gasteiger partial charge in [0.2, 0.25) is 0 Å². The van der Waals surface area contributed by atoms with E-state index in [1.165, 1.54) is 5.57 Å². The number of halogens is 1. The van der Waals surface area contributed by atoms with Crippen LogP contribution in [0.3, 0.4) is 0 Å². The van der Waals surface area contributed by atoms with Crippen LogP contribution >= 0.6 is 11.6 Å². The molecule has 5 heteroatoms. The monoisotopic (exact) mass is 288 g/mol. The topological polar surface area (TPSA) is 62.2 Å². The standard InChI is InChI=1S/C15H13ClN2O2/c16-11-2-4-13-10(14(11)15(19)20)1-3-12(18-13)9-5-7-17-8-6-9/h1-5,17H,6-8H2,(H,19,20). The Kier molecular flexibility index (Phi) is 3.42. The molecule has 1 aliphatic rings. The van der Waals surface area contributed by atoms with Gasteiger partial charge in [-0.05, 0) is 42.8 Å². The summed E-state index contributed by atoms with van der Waals surface area (Å²) >= 11 is 5.96. The number of nitrogens with one attached hydrogen (secondary N) is 1. The molecule has 1 aromatic carbocycles. The average Bonchev–Trinajstić information content (AvgIpc) is 2.47. The van der Waals surface area contributed by atoms with Crippen LogP contribution in [-0.4, -0.2) is 29.1 Å². The number of aromatic nitrogens is 1. The fraction of sp³-hybridized carbons (Fsp3) is 0.200. The van der Waals surface area contributed by atoms with E-state index in [4.69, 9.17) is 11.6 Å². The number of aromatic carboxylic acids is 1. The van der Waals surface area contributed by atoms with Gasteiger partial charge in [0.1, 0.15) is 0 Å². The number of fused-ring (bicyclic) bond motifs is 1. The maximum Gasteiger partial charge on any atom is 0.337 e. The molecule has 0 fully saturated rings. The summed E-state index contributed by atoms with van der Waals surface area (Å²) in [7, 11) is 0. The summed E-state index contributed by atoms with van der Waals surface area (Å²) in [6, 6.07) is 6.99. The molecule has 1 aromatic heterocycles. The van der Waals surface area contributed by atoms with E-state index in [1.807, 2.05) is 6.07 Å². The van der Waals surface area contributed by atoms with Crippen molar-refractivity contribution < 1.29 is 9.90 Å². The van der Waals surface area contributed by atoms with Crippen LogP contribution in [0.4, 0.5) is 0 Å². The lowest BCUT2D eigenvalue weighted by Crippen LogP contribution is -2.20. The van der Waals surface area contributed by atoms with Gasteiger partial charge >= 0.3 is 5.97 Å². The minimum absolute atomic E-state index is 0.113. The second kappa shape index (κ2) is 5.23. The van der Waals surface area contributed by atoms with Gasteiger partial charge in [0.15, 0.2) is 0 Å². The highest BCUT2D eigenvalue weighted by Gasteiger charge is 2.15. The molecule has 4 nitrogen and oxygen atoms in total. The molecular weight excluding hydrogens is 276 g/mol. The molecule has 0 radical (unpaired) electrons. The first-order valence-electron chi connectivity index (χ1n) is 6.39. The van der Waals surface area contributed by atoms with E-state index in [1.54, 1.807) is 18.2 Å². The molecule has 20 heavy (non-hydrogen) atoms. The number of rotatable bonds is 2. The normalized spacial score (nSPS) is 15.2. The second-order valence-electron chi connectivity index (χ2n) is 4.67. The molecule has 0 aliphatic carbocycles. The molecule has 0 saturated heterocycles. The minimum atomic E-state index is -1.03. The van der Waals surface area contributed by atoms with Crippen molar-refractivity contribution in [3.63, 3.8) is 0 Å². The number of benzene rings is 1. The summed E-state index contributed by atoms with van der Waals surface area (Å²) < 4.78 is 0. The van der Waals surface area contributed by atoms with Crippen LogP contribution in [-0.2, 0) is 0 Å². The molecule has 2 aromatic rings. The molecule has 0 atom stereocenters. The van der Waals surface area contributed by atoms with Gasteiger partial charge in [-0.1, -0.05) is 17.7 Å². The van der Waals surface area contributed by atoms with Gasteiger partial charge in [-0.25, -0.2) is 9.78 Å². The molecule has 0 amide bonds. The summed E-state index contributed by atoms with van der Waals surface area (Å²) in [4.78, 5) is 15.9. The zero-order valence-electron chi connectivity index (χ0n) is 10.7. The van der Waals surface area contributed by atoms with Gasteiger partial charge < -0.3 is 10.4 Å². The highest BCUT2D eigenvalue weighted by molar-refractivity contribution is 6.35. The van der Waals surface area contributed by atoms with Crippen molar-refractivity contribution in [2.24, 2.45) is 0 Å². The Bertz CT molecular complexity index is 725. The molecular formula is C15H13ClN2O2. The Morgan fingerprint density at radius 2 is 2.15 bits per heavy atom. The van der Waals surface area contributed by atoms with E-state index in [0.29, 0.717) is 10.9 Å². The third-order valence-corrected chi connectivity index (χ3v) is 3.74. The number of pyridine rings is 1. The van der Waals surface area contributed by atoms with Gasteiger partial charge in [-0.15, -0.1) is 0 Å². The number of carbonyl (C=O) groups is 1. The largest absolute Gasteiger partial charge is 0.478 e. The third-order valence-electron chi connectivity index (χ3n) is 3.43. The van der Waals surface area contributed by atoms with E-state index < -0.39 is 5.97 Å². The fourth-order valence-corrected chi connectivity index (χ4v) is 2.67. The van der Waals surface area contributed by atoms with E-state index in [0.717, 1.165) is 25.2 Å². The SMILES string of the molecule is O=C(O)c1c(Cl)ccc2nc(C3=CCNCC3)ccc12. The first-order chi connectivity index (χ1) is 9.66. The average molecular weight is 289 g/mol. The minimum Gasteiger partial charge on any atom is -0.478 e. The maximum absolute atomic E-state index is 11.3. The quantitative estimate of drug-likeness (QED) is 0.892. The first kappa shape index (κ1) is 13.1. The van der Waals surface area contributed by atoms with Crippen molar-refractivity contribution in [2.75, 3.05) is 13.1 Å². The lowest BCUT2D eigenvalue weighted by Gasteiger charge is -2.14. The van der Waals surface area contributed by atoms with Gasteiger partial charge in [0.05, 0.1) is 21.8 Å². The van der Waals surface area contributed by atoms with Gasteiger partial charge in [0.25, 0.3) is 0 Å². The fourth-order valence-electron chi connectivity index (χ4n) is 2.43. The number of carboxylic acid groups (broad SMARTS) is 1. The van der Waals surface area contributed by atoms with Crippen molar-refractivity contribution in [3.8, 4) is 0 Å². The van der Waals surface area contributed by atoms with Crippen LogP contribution in [0, 0.1) is 0 Å². The van der Waals surface area contributed by atoms with Crippen molar-refractivity contribution in [1.82, 2.24) is 10.3 Å². The van der Waals surface area contributed by atoms with Gasteiger partial charge in [0, 0.05) is 11.9 Å². The Morgan fingerprint density at radius 3 is 2.85 bits per heavy atom. The lowest BCUT2D eigenvalue weighted by molar-refractivity contribution is 0.0699. The van der Waals surface area contributed by atoms with Crippen molar-refractivity contribution in [1.29, 1.82) is 0 Å². The van der Waals surface area contributed by atoms with Crippen LogP contribution < -0.4 is 5.32 Å². The van der Waals surface area contributed by atoms with E-state index in [9.17, 15) is 9.90 Å². The number of hydrogen-bond donors (Lipinski definition) is 2. The van der Waals surface area contributed by atoms with Crippen LogP contribution in [0.5, 0.6) is 0 Å². The predicted molar refractivity (Wildman–Crippen MR) is 79.2 cm³/mol. The highest BCUT2D eigenvalue weighted by Crippen LogP contribution is 2.27. The first-order valence-corrected chi connectivity index (χ1v) is 6.77. The van der Waals surface area contributed by atoms with Crippen LogP contribution in [0.2, 0.25) is 5.02 Å². The number of nitrogens with zero attached hydrogens (tertiary/aromatic N) is 1. The van der Waals surface area contributed by atoms with Gasteiger partial charge in [-0.2, -0.15) is 0 Å². The summed E-state index contributed by atoms with van der Waals surface area (Å²) in [6.45, 7) is 1.78. The molecule has 0 bridgehead atoms. The Hall–Kier alpha value is -1.91. The van der Waals surface area contributed by atoms with Crippen LogP contribution in [0.15, 0.2) is 30.3 Å². The van der Waals surface area contributed by atoms with Crippen LogP contribution in [0.1, 0.15) is 22.5 Å². The smallest absolute Gasteiger partial charge is 0.337 e. The maximum atomic E-state index is 11.3. The van der Waals surface area contributed by atoms with Crippen molar-refractivity contribution >= 4 is 34.0 Å². The molecule has 0 spiro atoms. The Morgan fingerprint density at radius 1 is 1.30 bits per heavy atom. The second-order valence-corrected chi connectivity index (χ2v) is 5.08. The molecule has 2 N–H and O–H groups in total. The van der Waals surface area contributed by atoms with Crippen molar-refractivity contribution in [3.05, 3.63) is 46.6 Å². The van der Waals surface area contributed by atoms with Crippen LogP contribution in [0.25, 0.3) is 16.5 Å². The molecule has 0 saturated carbocycles. The summed E-state index contributed by atoms with van der Waals surface area (Å²) in [6.07, 6.45) is 3.05. The van der Waals surface area contributed by atoms with Gasteiger partial charge in [-0.3, -0.25) is 0 Å². The highest BCUT2D eigenvalue weighted by atomic mass is 35.5. The zero-order valence-corrected chi connectivity index (χ0v) is 11.4. The summed E-state index contributed by atoms with van der Waals surface area (Å²) in [5, 5.41) is 13.3. The Balaban J connectivity index is 2.15. The molecule has 1 aliphatic heterocycles. The van der Waals surface area contributed by atoms with E-state index in [-0.39, 0.29) is 10.6 Å². The lowest BCUT2D eigenvalue weighted by atomic mass is 10.0. The number of carboxylic acids is 1. The number of hydrogen-bond acceptors (Lipinski definition) is 3. The summed E-state index contributed by atoms with van der Waals surface area (Å²) in [5.41, 5.74) is 2.86. The third kappa shape index (κ3) is 2.28. The molecule has 102 valence electrons. The zero-order chi connectivity index (χ0) is 14.1. The summed E-state index contributed by atoms with van der Waals surface area (Å²) in [5.74, 6) is -1.03. The van der Waals surface area contributed by atoms with E-state index >= 15 is 0 Å². The Labute approximate surface area is 121 Å². The molecule has 0 unspecified atom stereocenters. The van der Waals surface area contributed by atoms with E-state index in [2.05, 4.69) is 16.4 Å². The predicted octanol–water partition coefficient (Wildman–Crippen LogP) is 2.96. The molecule has 2 heterocycles. The molecule has 3 rings (SSSR count).